The number of hydrogen-bond donors (Lipinski definition) is 2. The zero-order valence-electron chi connectivity index (χ0n) is 20.5. The second-order valence-corrected chi connectivity index (χ2v) is 9.48. The van der Waals surface area contributed by atoms with Crippen molar-refractivity contribution >= 4 is 29.3 Å². The molecule has 1 fully saturated rings. The number of nitrogens with zero attached hydrogens (tertiary/aromatic N) is 2. The molecule has 3 N–H and O–H groups in total. The van der Waals surface area contributed by atoms with E-state index in [1.807, 2.05) is 17.0 Å². The van der Waals surface area contributed by atoms with Crippen LogP contribution < -0.4 is 11.1 Å². The molecule has 1 radical (unpaired) electrons. The van der Waals surface area contributed by atoms with Crippen LogP contribution in [0.1, 0.15) is 24.0 Å². The summed E-state index contributed by atoms with van der Waals surface area (Å²) in [4.78, 5) is 41.3. The monoisotopic (exact) mass is 533 g/mol. The zero-order chi connectivity index (χ0) is 26.8. The highest BCUT2D eigenvalue weighted by Crippen LogP contribution is 2.21. The van der Waals surface area contributed by atoms with Crippen LogP contribution in [0.3, 0.4) is 0 Å². The van der Waals surface area contributed by atoms with E-state index < -0.39 is 18.6 Å². The van der Waals surface area contributed by atoms with Crippen molar-refractivity contribution in [3.63, 3.8) is 0 Å². The molecule has 199 valence electrons. The molecule has 1 saturated heterocycles. The lowest BCUT2D eigenvalue weighted by atomic mass is 9.99. The van der Waals surface area contributed by atoms with Crippen LogP contribution in [0, 0.1) is 12.2 Å². The molecular weight excluding hydrogens is 502 g/mol. The molecule has 3 rings (SSSR count). The van der Waals surface area contributed by atoms with Gasteiger partial charge in [0.15, 0.2) is 0 Å². The number of benzene rings is 2. The number of halogens is 3. The smallest absolute Gasteiger partial charge is 0.237 e. The summed E-state index contributed by atoms with van der Waals surface area (Å²) in [5.41, 5.74) is 7.08. The second kappa shape index (κ2) is 14.0. The van der Waals surface area contributed by atoms with E-state index in [0.29, 0.717) is 43.9 Å². The zero-order valence-corrected chi connectivity index (χ0v) is 21.3. The molecule has 0 spiro atoms. The molecule has 2 aromatic rings. The quantitative estimate of drug-likeness (QED) is 0.438. The molecule has 0 saturated carbocycles. The first-order valence-corrected chi connectivity index (χ1v) is 12.6. The first kappa shape index (κ1) is 28.5. The average Bonchev–Trinajstić information content (AvgIpc) is 2.89. The van der Waals surface area contributed by atoms with Crippen molar-refractivity contribution in [3.8, 4) is 0 Å². The van der Waals surface area contributed by atoms with Gasteiger partial charge in [-0.2, -0.15) is 0 Å². The number of alkyl halides is 1. The number of piperazine rings is 1. The fourth-order valence-electron chi connectivity index (χ4n) is 4.47. The van der Waals surface area contributed by atoms with E-state index in [4.69, 9.17) is 17.3 Å². The molecular formula is C27H32ClF2N4O3. The van der Waals surface area contributed by atoms with Crippen molar-refractivity contribution in [1.29, 1.82) is 0 Å². The largest absolute Gasteiger partial charge is 0.370 e. The van der Waals surface area contributed by atoms with Crippen molar-refractivity contribution in [3.05, 3.63) is 76.9 Å². The molecule has 0 aliphatic carbocycles. The van der Waals surface area contributed by atoms with Gasteiger partial charge in [-0.3, -0.25) is 19.3 Å². The van der Waals surface area contributed by atoms with Crippen LogP contribution in [-0.4, -0.2) is 72.5 Å². The minimum absolute atomic E-state index is 0.0855. The Morgan fingerprint density at radius 1 is 1.08 bits per heavy atom. The van der Waals surface area contributed by atoms with Gasteiger partial charge in [-0.1, -0.05) is 35.9 Å². The Balaban J connectivity index is 1.73. The van der Waals surface area contributed by atoms with Gasteiger partial charge < -0.3 is 16.0 Å². The van der Waals surface area contributed by atoms with E-state index in [-0.39, 0.29) is 36.6 Å². The molecule has 0 bridgehead atoms. The summed E-state index contributed by atoms with van der Waals surface area (Å²) in [6.45, 7) is 0.357. The van der Waals surface area contributed by atoms with Crippen LogP contribution in [0.2, 0.25) is 5.02 Å². The first-order valence-electron chi connectivity index (χ1n) is 12.3. The van der Waals surface area contributed by atoms with Crippen molar-refractivity contribution in [2.24, 2.45) is 5.73 Å². The first-order chi connectivity index (χ1) is 17.8. The lowest BCUT2D eigenvalue weighted by molar-refractivity contribution is -0.136. The molecule has 10 heteroatoms. The Bertz CT molecular complexity index is 1050. The standard InChI is InChI=1S/C27H32ClF2N4O3/c28-21-6-1-20(2-7-21)17-24(27(37)32-14-13-29)33-15-16-34(23(18-33)10-11-25(31)35)26(36)12-5-19-3-8-22(30)9-4-19/h1-4,6-9,12,23-24H,5,10-11,13-18H2,(H2,31,35)(H,32,37). The van der Waals surface area contributed by atoms with Crippen molar-refractivity contribution in [2.75, 3.05) is 32.9 Å². The van der Waals surface area contributed by atoms with Crippen LogP contribution in [0.4, 0.5) is 8.78 Å². The third-order valence-electron chi connectivity index (χ3n) is 6.43. The molecule has 2 atom stereocenters. The number of carbonyl (C=O) groups excluding carboxylic acids is 3. The van der Waals surface area contributed by atoms with E-state index in [9.17, 15) is 23.2 Å². The van der Waals surface area contributed by atoms with E-state index in [2.05, 4.69) is 5.32 Å². The van der Waals surface area contributed by atoms with Crippen LogP contribution in [0.25, 0.3) is 0 Å². The molecule has 1 aliphatic rings. The Morgan fingerprint density at radius 3 is 2.41 bits per heavy atom. The van der Waals surface area contributed by atoms with E-state index in [1.165, 1.54) is 12.1 Å². The van der Waals surface area contributed by atoms with Gasteiger partial charge in [-0.15, -0.1) is 0 Å². The Morgan fingerprint density at radius 2 is 1.76 bits per heavy atom. The van der Waals surface area contributed by atoms with Gasteiger partial charge >= 0.3 is 0 Å². The Hall–Kier alpha value is -3.04. The molecule has 37 heavy (non-hydrogen) atoms. The van der Waals surface area contributed by atoms with Crippen molar-refractivity contribution in [2.45, 2.75) is 37.8 Å². The minimum atomic E-state index is -0.674. The topological polar surface area (TPSA) is 95.7 Å². The van der Waals surface area contributed by atoms with Gasteiger partial charge in [0, 0.05) is 43.7 Å². The molecule has 2 unspecified atom stereocenters. The van der Waals surface area contributed by atoms with Crippen LogP contribution >= 0.6 is 11.6 Å². The van der Waals surface area contributed by atoms with Gasteiger partial charge in [0.25, 0.3) is 0 Å². The number of nitrogens with two attached hydrogens (primary N) is 1. The van der Waals surface area contributed by atoms with Crippen LogP contribution in [-0.2, 0) is 27.2 Å². The Kier molecular flexibility index (Phi) is 10.8. The lowest BCUT2D eigenvalue weighted by Crippen LogP contribution is -2.60. The summed E-state index contributed by atoms with van der Waals surface area (Å²) in [6, 6.07) is 12.2. The average molecular weight is 534 g/mol. The van der Waals surface area contributed by atoms with E-state index in [1.54, 1.807) is 35.6 Å². The van der Waals surface area contributed by atoms with Gasteiger partial charge in [-0.05, 0) is 54.7 Å². The number of carbonyl (C=O) groups is 3. The van der Waals surface area contributed by atoms with Crippen molar-refractivity contribution in [1.82, 2.24) is 15.1 Å². The molecule has 3 amide bonds. The number of amides is 3. The third kappa shape index (κ3) is 8.79. The number of hydrogen-bond acceptors (Lipinski definition) is 4. The third-order valence-corrected chi connectivity index (χ3v) is 6.68. The maximum absolute atomic E-state index is 13.2. The van der Waals surface area contributed by atoms with E-state index >= 15 is 0 Å². The molecule has 0 aromatic heterocycles. The van der Waals surface area contributed by atoms with Crippen LogP contribution in [0.15, 0.2) is 48.5 Å². The number of nitrogens with one attached hydrogen (secondary N) is 1. The highest BCUT2D eigenvalue weighted by molar-refractivity contribution is 6.30. The number of primary amides is 1. The van der Waals surface area contributed by atoms with Gasteiger partial charge in [0.2, 0.25) is 17.7 Å². The number of rotatable bonds is 12. The predicted molar refractivity (Wildman–Crippen MR) is 138 cm³/mol. The maximum atomic E-state index is 13.2. The van der Waals surface area contributed by atoms with Crippen molar-refractivity contribution < 1.29 is 23.2 Å². The van der Waals surface area contributed by atoms with Gasteiger partial charge in [0.1, 0.15) is 12.5 Å². The van der Waals surface area contributed by atoms with Gasteiger partial charge in [0.05, 0.1) is 12.5 Å². The minimum Gasteiger partial charge on any atom is -0.370 e. The van der Waals surface area contributed by atoms with Gasteiger partial charge in [-0.25, -0.2) is 8.78 Å². The lowest BCUT2D eigenvalue weighted by Gasteiger charge is -2.44. The molecule has 2 aromatic carbocycles. The maximum Gasteiger partial charge on any atom is 0.237 e. The predicted octanol–water partition coefficient (Wildman–Crippen LogP) is 2.70. The molecule has 7 nitrogen and oxygen atoms in total. The fraction of sp³-hybridized carbons (Fsp3) is 0.407. The normalized spacial score (nSPS) is 16.8. The highest BCUT2D eigenvalue weighted by atomic mass is 35.5. The highest BCUT2D eigenvalue weighted by Gasteiger charge is 2.36. The fourth-order valence-corrected chi connectivity index (χ4v) is 4.60. The summed E-state index contributed by atoms with van der Waals surface area (Å²) < 4.78 is 26.0. The second-order valence-electron chi connectivity index (χ2n) is 9.05. The Labute approximate surface area is 220 Å². The van der Waals surface area contributed by atoms with Crippen LogP contribution in [0.5, 0.6) is 0 Å². The molecule has 1 aliphatic heterocycles. The SMILES string of the molecule is NC(=O)CCC1CN(C(Cc2ccc(Cl)cc2)C(=O)NCCF)CCN1C(=O)[CH]Cc1ccc(F)cc1. The summed E-state index contributed by atoms with van der Waals surface area (Å²) in [5, 5.41) is 3.21. The molecule has 1 heterocycles. The van der Waals surface area contributed by atoms with E-state index in [0.717, 1.165) is 11.1 Å². The summed E-state index contributed by atoms with van der Waals surface area (Å²) in [7, 11) is 0. The summed E-state index contributed by atoms with van der Waals surface area (Å²) in [6.07, 6.45) is 2.70. The summed E-state index contributed by atoms with van der Waals surface area (Å²) >= 11 is 6.00. The summed E-state index contributed by atoms with van der Waals surface area (Å²) in [5.74, 6) is -1.32.